The molecule has 0 bridgehead atoms. The van der Waals surface area contributed by atoms with Gasteiger partial charge in [0, 0.05) is 0 Å². The Bertz CT molecular complexity index is 61.0. The fourth-order valence-corrected chi connectivity index (χ4v) is 0.634. The fraction of sp³-hybridized carbons (Fsp3) is 1.00. The second-order valence-corrected chi connectivity index (χ2v) is 2.21. The van der Waals surface area contributed by atoms with Crippen LogP contribution in [-0.4, -0.2) is 19.2 Å². The zero-order valence-corrected chi connectivity index (χ0v) is 6.68. The highest BCUT2D eigenvalue weighted by Crippen LogP contribution is 1.95. The van der Waals surface area contributed by atoms with Gasteiger partial charge in [-0.2, -0.15) is 0 Å². The molecular weight excluding hydrogens is 130 g/mol. The summed E-state index contributed by atoms with van der Waals surface area (Å²) >= 11 is 0. The number of quaternary nitrogens is 1. The van der Waals surface area contributed by atoms with Crippen molar-refractivity contribution >= 4 is 0 Å². The number of nitrogens with two attached hydrogens (primary N) is 2. The van der Waals surface area contributed by atoms with Crippen LogP contribution in [0.3, 0.4) is 0 Å². The van der Waals surface area contributed by atoms with Crippen LogP contribution < -0.4 is 22.7 Å². The van der Waals surface area contributed by atoms with E-state index >= 15 is 0 Å². The normalized spacial score (nSPS) is 12.3. The van der Waals surface area contributed by atoms with Crippen LogP contribution >= 0.6 is 0 Å². The third-order valence-corrected chi connectivity index (χ3v) is 1.24. The highest BCUT2D eigenvalue weighted by molar-refractivity contribution is 4.57. The smallest absolute Gasteiger partial charge is 0.00773 e. The van der Waals surface area contributed by atoms with Gasteiger partial charge in [0.2, 0.25) is 0 Å². The zero-order valence-electron chi connectivity index (χ0n) is 6.68. The van der Waals surface area contributed by atoms with Crippen molar-refractivity contribution in [2.75, 3.05) is 13.2 Å². The number of rotatable bonds is 5. The van der Waals surface area contributed by atoms with Gasteiger partial charge in [0.15, 0.2) is 0 Å². The van der Waals surface area contributed by atoms with Crippen molar-refractivity contribution in [2.24, 2.45) is 11.5 Å². The van der Waals surface area contributed by atoms with Gasteiger partial charge in [-0.25, -0.2) is 0 Å². The Morgan fingerprint density at radius 3 is 2.30 bits per heavy atom. The molecule has 10 heavy (non-hydrogen) atoms. The average molecular weight is 149 g/mol. The molecule has 8 N–H and O–H groups in total. The van der Waals surface area contributed by atoms with Gasteiger partial charge >= 0.3 is 0 Å². The van der Waals surface area contributed by atoms with Crippen LogP contribution in [0.25, 0.3) is 0 Å². The second kappa shape index (κ2) is 8.84. The third kappa shape index (κ3) is 7.84. The SMILES string of the molecule is NCCCC[C@H](N)C[O-].[NH4+]. The lowest BCUT2D eigenvalue weighted by molar-refractivity contribution is -0.371. The van der Waals surface area contributed by atoms with Gasteiger partial charge in [-0.1, -0.05) is 6.42 Å². The van der Waals surface area contributed by atoms with Crippen LogP contribution in [-0.2, 0) is 0 Å². The second-order valence-electron chi connectivity index (χ2n) is 2.21. The molecule has 0 amide bonds. The van der Waals surface area contributed by atoms with Crippen LogP contribution in [0.2, 0.25) is 0 Å². The van der Waals surface area contributed by atoms with Gasteiger partial charge in [-0.15, -0.1) is 6.61 Å². The van der Waals surface area contributed by atoms with E-state index in [0.29, 0.717) is 6.54 Å². The average Bonchev–Trinajstić information content (AvgIpc) is 1.89. The molecule has 4 nitrogen and oxygen atoms in total. The Balaban J connectivity index is 0. The quantitative estimate of drug-likeness (QED) is 0.444. The highest BCUT2D eigenvalue weighted by Gasteiger charge is 1.92. The van der Waals surface area contributed by atoms with Crippen molar-refractivity contribution in [3.8, 4) is 0 Å². The third-order valence-electron chi connectivity index (χ3n) is 1.24. The molecule has 0 aliphatic heterocycles. The summed E-state index contributed by atoms with van der Waals surface area (Å²) < 4.78 is 0. The van der Waals surface area contributed by atoms with Gasteiger partial charge in [0.1, 0.15) is 0 Å². The Kier molecular flexibility index (Phi) is 11.1. The van der Waals surface area contributed by atoms with Gasteiger partial charge in [-0.05, 0) is 25.4 Å². The standard InChI is InChI=1S/C6H15N2O.H3N/c7-4-2-1-3-6(8)5-9;/h6H,1-5,7-8H2;1H3/q-1;/p+1/t6-;/m0./s1. The maximum absolute atomic E-state index is 10.1. The van der Waals surface area contributed by atoms with Gasteiger partial charge in [-0.3, -0.25) is 0 Å². The highest BCUT2D eigenvalue weighted by atomic mass is 16.3. The molecule has 0 fully saturated rings. The topological polar surface area (TPSA) is 112 Å². The molecule has 0 aromatic carbocycles. The molecule has 64 valence electrons. The number of hydrogen-bond donors (Lipinski definition) is 3. The first-order valence-electron chi connectivity index (χ1n) is 3.35. The minimum atomic E-state index is -0.162. The molecule has 0 radical (unpaired) electrons. The number of hydrogen-bond acceptors (Lipinski definition) is 3. The van der Waals surface area contributed by atoms with Crippen LogP contribution in [0.4, 0.5) is 0 Å². The van der Waals surface area contributed by atoms with Crippen LogP contribution in [0.5, 0.6) is 0 Å². The Morgan fingerprint density at radius 1 is 1.30 bits per heavy atom. The van der Waals surface area contributed by atoms with Crippen molar-refractivity contribution in [2.45, 2.75) is 25.3 Å². The first-order valence-corrected chi connectivity index (χ1v) is 3.35. The maximum Gasteiger partial charge on any atom is -0.00773 e. The van der Waals surface area contributed by atoms with Gasteiger partial charge < -0.3 is 22.7 Å². The van der Waals surface area contributed by atoms with Crippen molar-refractivity contribution in [1.29, 1.82) is 0 Å². The largest absolute Gasteiger partial charge is 0.853 e. The van der Waals surface area contributed by atoms with E-state index in [2.05, 4.69) is 0 Å². The molecule has 0 aromatic rings. The summed E-state index contributed by atoms with van der Waals surface area (Å²) in [6, 6.07) is -0.156. The summed E-state index contributed by atoms with van der Waals surface area (Å²) in [6.07, 6.45) is 2.79. The molecule has 0 aliphatic carbocycles. The van der Waals surface area contributed by atoms with Crippen molar-refractivity contribution in [1.82, 2.24) is 6.15 Å². The molecule has 0 aliphatic rings. The van der Waals surface area contributed by atoms with Gasteiger partial charge in [0.05, 0.1) is 0 Å². The van der Waals surface area contributed by atoms with E-state index in [0.717, 1.165) is 19.3 Å². The Morgan fingerprint density at radius 2 is 1.90 bits per heavy atom. The molecule has 0 spiro atoms. The molecule has 1 atom stereocenters. The summed E-state index contributed by atoms with van der Waals surface area (Å²) in [5.74, 6) is 0. The zero-order chi connectivity index (χ0) is 7.11. The predicted octanol–water partition coefficient (Wildman–Crippen LogP) is -0.821. The van der Waals surface area contributed by atoms with E-state index in [1.807, 2.05) is 0 Å². The van der Waals surface area contributed by atoms with E-state index in [1.54, 1.807) is 0 Å². The molecule has 0 unspecified atom stereocenters. The maximum atomic E-state index is 10.1. The predicted molar refractivity (Wildman–Crippen MR) is 41.7 cm³/mol. The lowest BCUT2D eigenvalue weighted by atomic mass is 10.1. The summed E-state index contributed by atoms with van der Waals surface area (Å²) in [5, 5.41) is 10.1. The Labute approximate surface area is 62.2 Å². The first-order chi connectivity index (χ1) is 4.31. The summed E-state index contributed by atoms with van der Waals surface area (Å²) in [7, 11) is 0. The lowest BCUT2D eigenvalue weighted by Crippen LogP contribution is -2.31. The van der Waals surface area contributed by atoms with E-state index in [1.165, 1.54) is 0 Å². The molecule has 0 rings (SSSR count). The number of unbranched alkanes of at least 4 members (excludes halogenated alkanes) is 1. The van der Waals surface area contributed by atoms with Crippen molar-refractivity contribution < 1.29 is 5.11 Å². The Hall–Kier alpha value is -0.160. The van der Waals surface area contributed by atoms with Crippen molar-refractivity contribution in [3.05, 3.63) is 0 Å². The van der Waals surface area contributed by atoms with Crippen LogP contribution in [0.1, 0.15) is 19.3 Å². The summed E-state index contributed by atoms with van der Waals surface area (Å²) in [4.78, 5) is 0. The van der Waals surface area contributed by atoms with E-state index < -0.39 is 0 Å². The molecule has 0 heterocycles. The fourth-order valence-electron chi connectivity index (χ4n) is 0.634. The molecule has 0 saturated heterocycles. The van der Waals surface area contributed by atoms with E-state index in [4.69, 9.17) is 11.5 Å². The van der Waals surface area contributed by atoms with E-state index in [9.17, 15) is 5.11 Å². The van der Waals surface area contributed by atoms with Crippen LogP contribution in [0.15, 0.2) is 0 Å². The lowest BCUT2D eigenvalue weighted by Gasteiger charge is -2.12. The monoisotopic (exact) mass is 149 g/mol. The molecular formula is C6H19N3O. The van der Waals surface area contributed by atoms with Gasteiger partial charge in [0.25, 0.3) is 0 Å². The molecule has 0 aromatic heterocycles. The molecule has 0 saturated carbocycles. The van der Waals surface area contributed by atoms with E-state index in [-0.39, 0.29) is 18.8 Å². The van der Waals surface area contributed by atoms with Crippen LogP contribution in [0, 0.1) is 0 Å². The minimum absolute atomic E-state index is 0. The first kappa shape index (κ1) is 12.5. The molecule has 4 heteroatoms. The summed E-state index contributed by atoms with van der Waals surface area (Å²) in [6.45, 7) is 0.538. The minimum Gasteiger partial charge on any atom is -0.853 e. The summed E-state index contributed by atoms with van der Waals surface area (Å²) in [5.41, 5.74) is 10.6. The van der Waals surface area contributed by atoms with Crippen molar-refractivity contribution in [3.63, 3.8) is 0 Å².